The molecular weight excluding hydrogens is 300 g/mol. The number of fused-ring (bicyclic) bond motifs is 4. The summed E-state index contributed by atoms with van der Waals surface area (Å²) in [5.74, 6) is 1.78. The van der Waals surface area contributed by atoms with Crippen molar-refractivity contribution in [2.24, 2.45) is 11.8 Å². The molecule has 4 aliphatic rings. The summed E-state index contributed by atoms with van der Waals surface area (Å²) >= 11 is 0. The van der Waals surface area contributed by atoms with Gasteiger partial charge < -0.3 is 4.90 Å². The predicted molar refractivity (Wildman–Crippen MR) is 94.1 cm³/mol. The van der Waals surface area contributed by atoms with Crippen LogP contribution in [0.3, 0.4) is 0 Å². The quantitative estimate of drug-likeness (QED) is 0.851. The Bertz CT molecular complexity index is 634. The maximum atomic E-state index is 13.2. The molecule has 2 bridgehead atoms. The lowest BCUT2D eigenvalue weighted by molar-refractivity contribution is 0.0735. The molecule has 5 nitrogen and oxygen atoms in total. The first-order valence-corrected chi connectivity index (χ1v) is 9.64. The molecule has 1 aromatic rings. The number of rotatable bonds is 4. The number of carbonyl (C=O) groups is 1. The lowest BCUT2D eigenvalue weighted by atomic mass is 9.95. The Balaban J connectivity index is 1.54. The van der Waals surface area contributed by atoms with Crippen molar-refractivity contribution in [1.29, 1.82) is 0 Å². The number of carbonyl (C=O) groups excluding carboxylic acids is 1. The number of hydrogen-bond donors (Lipinski definition) is 0. The van der Waals surface area contributed by atoms with Crippen LogP contribution in [-0.2, 0) is 6.54 Å². The highest BCUT2D eigenvalue weighted by Crippen LogP contribution is 2.35. The first-order chi connectivity index (χ1) is 11.6. The van der Waals surface area contributed by atoms with Crippen LogP contribution in [0.4, 0.5) is 0 Å². The number of nitrogens with zero attached hydrogens (tertiary/aromatic N) is 4. The minimum atomic E-state index is 0.204. The molecule has 4 heterocycles. The Morgan fingerprint density at radius 2 is 1.92 bits per heavy atom. The standard InChI is InChI=1S/C19H30N4O/c1-4-23-14(3)18(13(2)20-23)19(24)22-11-16-7-8-17(12-22)21(10-16)9-15-5-6-15/h15-17H,4-12H2,1-3H3/t16-,17-/m0/s1. The second kappa shape index (κ2) is 6.17. The van der Waals surface area contributed by atoms with E-state index < -0.39 is 0 Å². The van der Waals surface area contributed by atoms with Crippen molar-refractivity contribution in [3.8, 4) is 0 Å². The van der Waals surface area contributed by atoms with Crippen molar-refractivity contribution < 1.29 is 4.79 Å². The van der Waals surface area contributed by atoms with Gasteiger partial charge in [-0.15, -0.1) is 0 Å². The van der Waals surface area contributed by atoms with Gasteiger partial charge in [-0.3, -0.25) is 14.4 Å². The fourth-order valence-electron chi connectivity index (χ4n) is 4.67. The SMILES string of the molecule is CCn1nc(C)c(C(=O)N2C[C@H]3CC[C@@H](C2)N(CC2CC2)C3)c1C. The maximum absolute atomic E-state index is 13.2. The van der Waals surface area contributed by atoms with Crippen molar-refractivity contribution in [1.82, 2.24) is 19.6 Å². The van der Waals surface area contributed by atoms with Crippen LogP contribution in [0.5, 0.6) is 0 Å². The summed E-state index contributed by atoms with van der Waals surface area (Å²) < 4.78 is 1.95. The summed E-state index contributed by atoms with van der Waals surface area (Å²) in [4.78, 5) is 18.1. The molecule has 5 rings (SSSR count). The van der Waals surface area contributed by atoms with Crippen LogP contribution in [0.2, 0.25) is 0 Å². The molecule has 0 unspecified atom stereocenters. The summed E-state index contributed by atoms with van der Waals surface area (Å²) in [5, 5.41) is 4.54. The third-order valence-electron chi connectivity index (χ3n) is 6.20. The highest BCUT2D eigenvalue weighted by Gasteiger charge is 2.39. The van der Waals surface area contributed by atoms with E-state index in [2.05, 4.69) is 21.8 Å². The average Bonchev–Trinajstić information content (AvgIpc) is 3.36. The average molecular weight is 330 g/mol. The smallest absolute Gasteiger partial charge is 0.257 e. The highest BCUT2D eigenvalue weighted by molar-refractivity contribution is 5.96. The Hall–Kier alpha value is -1.36. The third kappa shape index (κ3) is 2.87. The van der Waals surface area contributed by atoms with E-state index in [1.807, 2.05) is 18.5 Å². The maximum Gasteiger partial charge on any atom is 0.257 e. The summed E-state index contributed by atoms with van der Waals surface area (Å²) in [6, 6.07) is 0.565. The minimum Gasteiger partial charge on any atom is -0.337 e. The van der Waals surface area contributed by atoms with E-state index in [0.29, 0.717) is 12.0 Å². The molecule has 0 radical (unpaired) electrons. The summed E-state index contributed by atoms with van der Waals surface area (Å²) in [5.41, 5.74) is 2.74. The first-order valence-electron chi connectivity index (χ1n) is 9.64. The third-order valence-corrected chi connectivity index (χ3v) is 6.20. The largest absolute Gasteiger partial charge is 0.337 e. The molecule has 1 aliphatic carbocycles. The van der Waals surface area contributed by atoms with Crippen LogP contribution >= 0.6 is 0 Å². The molecule has 3 saturated heterocycles. The van der Waals surface area contributed by atoms with Crippen LogP contribution in [0.15, 0.2) is 0 Å². The summed E-state index contributed by atoms with van der Waals surface area (Å²) in [6.07, 6.45) is 5.35. The van der Waals surface area contributed by atoms with Gasteiger partial charge >= 0.3 is 0 Å². The summed E-state index contributed by atoms with van der Waals surface area (Å²) in [6.45, 7) is 11.2. The lowest BCUT2D eigenvalue weighted by Gasteiger charge is -2.36. The first kappa shape index (κ1) is 16.1. The van der Waals surface area contributed by atoms with E-state index >= 15 is 0 Å². The molecule has 1 amide bonds. The zero-order valence-electron chi connectivity index (χ0n) is 15.3. The predicted octanol–water partition coefficient (Wildman–Crippen LogP) is 2.47. The molecule has 1 saturated carbocycles. The normalized spacial score (nSPS) is 27.5. The second-order valence-corrected chi connectivity index (χ2v) is 8.07. The van der Waals surface area contributed by atoms with Gasteiger partial charge in [0.25, 0.3) is 5.91 Å². The van der Waals surface area contributed by atoms with Gasteiger partial charge in [-0.1, -0.05) is 0 Å². The zero-order chi connectivity index (χ0) is 16.8. The van der Waals surface area contributed by atoms with Gasteiger partial charge in [-0.05, 0) is 58.3 Å². The van der Waals surface area contributed by atoms with Crippen molar-refractivity contribution in [2.45, 2.75) is 59.0 Å². The molecular formula is C19H30N4O. The van der Waals surface area contributed by atoms with Gasteiger partial charge in [0.2, 0.25) is 0 Å². The van der Waals surface area contributed by atoms with Crippen molar-refractivity contribution in [3.05, 3.63) is 17.0 Å². The lowest BCUT2D eigenvalue weighted by Crippen LogP contribution is -2.45. The Morgan fingerprint density at radius 3 is 2.58 bits per heavy atom. The van der Waals surface area contributed by atoms with Gasteiger partial charge in [0.15, 0.2) is 0 Å². The van der Waals surface area contributed by atoms with Crippen LogP contribution in [-0.4, -0.2) is 57.7 Å². The monoisotopic (exact) mass is 330 g/mol. The van der Waals surface area contributed by atoms with Crippen LogP contribution in [0, 0.1) is 25.7 Å². The number of aryl methyl sites for hydroxylation is 2. The van der Waals surface area contributed by atoms with E-state index in [1.165, 1.54) is 38.8 Å². The fraction of sp³-hybridized carbons (Fsp3) is 0.789. The molecule has 4 fully saturated rings. The van der Waals surface area contributed by atoms with Crippen molar-refractivity contribution in [3.63, 3.8) is 0 Å². The van der Waals surface area contributed by atoms with Crippen LogP contribution < -0.4 is 0 Å². The van der Waals surface area contributed by atoms with Crippen molar-refractivity contribution >= 4 is 5.91 Å². The summed E-state index contributed by atoms with van der Waals surface area (Å²) in [7, 11) is 0. The molecule has 24 heavy (non-hydrogen) atoms. The highest BCUT2D eigenvalue weighted by atomic mass is 16.2. The van der Waals surface area contributed by atoms with E-state index in [-0.39, 0.29) is 5.91 Å². The van der Waals surface area contributed by atoms with E-state index in [4.69, 9.17) is 0 Å². The Kier molecular flexibility index (Phi) is 4.15. The van der Waals surface area contributed by atoms with E-state index in [0.717, 1.165) is 42.5 Å². The van der Waals surface area contributed by atoms with Crippen LogP contribution in [0.1, 0.15) is 54.4 Å². The van der Waals surface area contributed by atoms with Crippen molar-refractivity contribution in [2.75, 3.05) is 26.2 Å². The van der Waals surface area contributed by atoms with Gasteiger partial charge in [-0.2, -0.15) is 5.10 Å². The number of aromatic nitrogens is 2. The molecule has 2 atom stereocenters. The molecule has 0 N–H and O–H groups in total. The molecule has 5 heteroatoms. The number of piperidine rings is 1. The van der Waals surface area contributed by atoms with E-state index in [9.17, 15) is 4.79 Å². The topological polar surface area (TPSA) is 41.4 Å². The van der Waals surface area contributed by atoms with E-state index in [1.54, 1.807) is 0 Å². The molecule has 0 aromatic carbocycles. The van der Waals surface area contributed by atoms with Crippen LogP contribution in [0.25, 0.3) is 0 Å². The molecule has 3 aliphatic heterocycles. The Morgan fingerprint density at radius 1 is 1.12 bits per heavy atom. The zero-order valence-corrected chi connectivity index (χ0v) is 15.3. The molecule has 132 valence electrons. The molecule has 0 spiro atoms. The fourth-order valence-corrected chi connectivity index (χ4v) is 4.67. The minimum absolute atomic E-state index is 0.204. The second-order valence-electron chi connectivity index (χ2n) is 8.07. The van der Waals surface area contributed by atoms with Gasteiger partial charge in [0, 0.05) is 44.5 Å². The van der Waals surface area contributed by atoms with Gasteiger partial charge in [0.1, 0.15) is 0 Å². The van der Waals surface area contributed by atoms with Gasteiger partial charge in [-0.25, -0.2) is 0 Å². The van der Waals surface area contributed by atoms with Gasteiger partial charge in [0.05, 0.1) is 11.3 Å². The number of amides is 1. The number of hydrogen-bond acceptors (Lipinski definition) is 3. The Labute approximate surface area is 145 Å². The molecule has 1 aromatic heterocycles.